The number of likely N-dealkylation sites (N-methyl/N-ethyl adjacent to an activating group) is 1. The molecule has 34 heavy (non-hydrogen) atoms. The Bertz CT molecular complexity index is 1120. The van der Waals surface area contributed by atoms with E-state index in [-0.39, 0.29) is 12.0 Å². The molecule has 5 rings (SSSR count). The summed E-state index contributed by atoms with van der Waals surface area (Å²) in [7, 11) is 2.13. The standard InChI is InChI=1S/C29H35N3O2/c1-31(19-20-34-27-15-7-12-23-13-8-18-30-28(23)27)21-25-17-16-22-9-5-6-14-26(22)32(25)29(33)24-10-3-2-4-11-24/h5-9,12-15,18,24-25H,2-4,10-11,16-17,19-21H2,1H3. The average molecular weight is 458 g/mol. The number of hydrogen-bond donors (Lipinski definition) is 0. The molecule has 1 fully saturated rings. The van der Waals surface area contributed by atoms with E-state index < -0.39 is 0 Å². The van der Waals surface area contributed by atoms with Gasteiger partial charge >= 0.3 is 0 Å². The molecule has 2 aliphatic rings. The van der Waals surface area contributed by atoms with Gasteiger partial charge in [0.1, 0.15) is 17.9 Å². The average Bonchev–Trinajstić information content (AvgIpc) is 2.89. The van der Waals surface area contributed by atoms with Gasteiger partial charge in [0.2, 0.25) is 5.91 Å². The van der Waals surface area contributed by atoms with Crippen molar-refractivity contribution in [2.45, 2.75) is 51.0 Å². The maximum absolute atomic E-state index is 13.7. The number of pyridine rings is 1. The van der Waals surface area contributed by atoms with Gasteiger partial charge in [0.25, 0.3) is 0 Å². The number of carbonyl (C=O) groups is 1. The molecule has 0 bridgehead atoms. The molecule has 1 unspecified atom stereocenters. The van der Waals surface area contributed by atoms with Crippen LogP contribution in [0.15, 0.2) is 60.8 Å². The van der Waals surface area contributed by atoms with Crippen LogP contribution in [0.3, 0.4) is 0 Å². The van der Waals surface area contributed by atoms with Gasteiger partial charge < -0.3 is 14.5 Å². The molecule has 3 aromatic rings. The van der Waals surface area contributed by atoms with Crippen molar-refractivity contribution in [3.63, 3.8) is 0 Å². The molecule has 0 N–H and O–H groups in total. The number of nitrogens with zero attached hydrogens (tertiary/aromatic N) is 3. The summed E-state index contributed by atoms with van der Waals surface area (Å²) in [6.07, 6.45) is 9.53. The van der Waals surface area contributed by atoms with Gasteiger partial charge in [-0.1, -0.05) is 55.7 Å². The summed E-state index contributed by atoms with van der Waals surface area (Å²) in [6, 6.07) is 18.7. The molecular weight excluding hydrogens is 422 g/mol. The Morgan fingerprint density at radius 1 is 1.03 bits per heavy atom. The number of aromatic nitrogens is 1. The fraction of sp³-hybridized carbons (Fsp3) is 0.448. The molecule has 5 heteroatoms. The van der Waals surface area contributed by atoms with E-state index >= 15 is 0 Å². The highest BCUT2D eigenvalue weighted by Gasteiger charge is 2.35. The summed E-state index contributed by atoms with van der Waals surface area (Å²) in [4.78, 5) is 22.6. The van der Waals surface area contributed by atoms with Crippen LogP contribution >= 0.6 is 0 Å². The largest absolute Gasteiger partial charge is 0.490 e. The van der Waals surface area contributed by atoms with Crippen LogP contribution in [0.4, 0.5) is 5.69 Å². The lowest BCUT2D eigenvalue weighted by Gasteiger charge is -2.41. The van der Waals surface area contributed by atoms with Gasteiger partial charge in [-0.3, -0.25) is 9.78 Å². The lowest BCUT2D eigenvalue weighted by molar-refractivity contribution is -0.124. The molecule has 1 amide bonds. The van der Waals surface area contributed by atoms with Crippen LogP contribution < -0.4 is 9.64 Å². The van der Waals surface area contributed by atoms with Gasteiger partial charge in [-0.15, -0.1) is 0 Å². The summed E-state index contributed by atoms with van der Waals surface area (Å²) >= 11 is 0. The molecule has 1 aliphatic heterocycles. The molecule has 2 aromatic carbocycles. The summed E-state index contributed by atoms with van der Waals surface area (Å²) in [5.41, 5.74) is 3.33. The Hall–Kier alpha value is -2.92. The van der Waals surface area contributed by atoms with Crippen LogP contribution in [0.1, 0.15) is 44.1 Å². The number of para-hydroxylation sites is 2. The molecule has 178 valence electrons. The van der Waals surface area contributed by atoms with Crippen LogP contribution in [0.5, 0.6) is 5.75 Å². The minimum atomic E-state index is 0.176. The van der Waals surface area contributed by atoms with E-state index in [1.165, 1.54) is 24.8 Å². The molecule has 0 saturated heterocycles. The van der Waals surface area contributed by atoms with Crippen molar-refractivity contribution in [3.8, 4) is 5.75 Å². The Morgan fingerprint density at radius 2 is 1.85 bits per heavy atom. The number of carbonyl (C=O) groups excluding carboxylic acids is 1. The smallest absolute Gasteiger partial charge is 0.230 e. The van der Waals surface area contributed by atoms with Gasteiger partial charge in [0.05, 0.1) is 0 Å². The molecule has 0 spiro atoms. The molecule has 1 saturated carbocycles. The van der Waals surface area contributed by atoms with E-state index in [4.69, 9.17) is 4.74 Å². The highest BCUT2D eigenvalue weighted by Crippen LogP contribution is 2.35. The minimum absolute atomic E-state index is 0.176. The Kier molecular flexibility index (Phi) is 7.10. The summed E-state index contributed by atoms with van der Waals surface area (Å²) < 4.78 is 6.12. The zero-order chi connectivity index (χ0) is 23.3. The van der Waals surface area contributed by atoms with E-state index in [2.05, 4.69) is 58.2 Å². The maximum Gasteiger partial charge on any atom is 0.230 e. The van der Waals surface area contributed by atoms with Crippen molar-refractivity contribution in [2.24, 2.45) is 5.92 Å². The number of ether oxygens (including phenoxy) is 1. The molecule has 1 aliphatic carbocycles. The van der Waals surface area contributed by atoms with Gasteiger partial charge in [0, 0.05) is 42.3 Å². The van der Waals surface area contributed by atoms with Crippen LogP contribution in [0.2, 0.25) is 0 Å². The van der Waals surface area contributed by atoms with Crippen molar-refractivity contribution in [1.29, 1.82) is 0 Å². The van der Waals surface area contributed by atoms with Crippen LogP contribution in [0.25, 0.3) is 10.9 Å². The first-order valence-corrected chi connectivity index (χ1v) is 12.8. The molecule has 0 radical (unpaired) electrons. The van der Waals surface area contributed by atoms with Gasteiger partial charge in [0.15, 0.2) is 0 Å². The van der Waals surface area contributed by atoms with E-state index in [9.17, 15) is 4.79 Å². The monoisotopic (exact) mass is 457 g/mol. The van der Waals surface area contributed by atoms with E-state index in [0.29, 0.717) is 12.5 Å². The first kappa shape index (κ1) is 22.9. The summed E-state index contributed by atoms with van der Waals surface area (Å²) in [5, 5.41) is 1.09. The van der Waals surface area contributed by atoms with Gasteiger partial charge in [-0.2, -0.15) is 0 Å². The fourth-order valence-corrected chi connectivity index (χ4v) is 5.58. The Morgan fingerprint density at radius 3 is 2.74 bits per heavy atom. The third-order valence-electron chi connectivity index (χ3n) is 7.40. The second kappa shape index (κ2) is 10.6. The predicted molar refractivity (Wildman–Crippen MR) is 137 cm³/mol. The topological polar surface area (TPSA) is 45.7 Å². The Balaban J connectivity index is 1.25. The lowest BCUT2D eigenvalue weighted by Crippen LogP contribution is -2.51. The molecule has 1 aromatic heterocycles. The summed E-state index contributed by atoms with van der Waals surface area (Å²) in [6.45, 7) is 2.24. The SMILES string of the molecule is CN(CCOc1cccc2cccnc12)CC1CCc2ccccc2N1C(=O)C1CCCCC1. The highest BCUT2D eigenvalue weighted by atomic mass is 16.5. The number of aryl methyl sites for hydroxylation is 1. The van der Waals surface area contributed by atoms with Gasteiger partial charge in [-0.05, 0) is 56.5 Å². The predicted octanol–water partition coefficient (Wildman–Crippen LogP) is 5.47. The van der Waals surface area contributed by atoms with Crippen molar-refractivity contribution in [2.75, 3.05) is 31.6 Å². The van der Waals surface area contributed by atoms with E-state index in [1.807, 2.05) is 18.2 Å². The van der Waals surface area contributed by atoms with E-state index in [1.54, 1.807) is 6.20 Å². The lowest BCUT2D eigenvalue weighted by atomic mass is 9.86. The molecule has 5 nitrogen and oxygen atoms in total. The minimum Gasteiger partial charge on any atom is -0.490 e. The number of amides is 1. The fourth-order valence-electron chi connectivity index (χ4n) is 5.58. The maximum atomic E-state index is 13.7. The number of fused-ring (bicyclic) bond motifs is 2. The summed E-state index contributed by atoms with van der Waals surface area (Å²) in [5.74, 6) is 1.34. The molecule has 2 heterocycles. The third-order valence-corrected chi connectivity index (χ3v) is 7.40. The first-order valence-electron chi connectivity index (χ1n) is 12.8. The van der Waals surface area contributed by atoms with Crippen molar-refractivity contribution >= 4 is 22.5 Å². The van der Waals surface area contributed by atoms with Crippen molar-refractivity contribution in [3.05, 3.63) is 66.4 Å². The van der Waals surface area contributed by atoms with Crippen molar-refractivity contribution in [1.82, 2.24) is 9.88 Å². The number of hydrogen-bond acceptors (Lipinski definition) is 4. The van der Waals surface area contributed by atoms with Crippen LogP contribution in [-0.2, 0) is 11.2 Å². The number of rotatable bonds is 7. The second-order valence-electron chi connectivity index (χ2n) is 9.81. The zero-order valence-corrected chi connectivity index (χ0v) is 20.2. The third kappa shape index (κ3) is 4.95. The number of anilines is 1. The highest BCUT2D eigenvalue weighted by molar-refractivity contribution is 5.97. The molecule has 1 atom stereocenters. The van der Waals surface area contributed by atoms with Crippen LogP contribution in [0, 0.1) is 5.92 Å². The second-order valence-corrected chi connectivity index (χ2v) is 9.81. The van der Waals surface area contributed by atoms with Crippen LogP contribution in [-0.4, -0.2) is 48.6 Å². The van der Waals surface area contributed by atoms with Gasteiger partial charge in [-0.25, -0.2) is 0 Å². The molecular formula is C29H35N3O2. The zero-order valence-electron chi connectivity index (χ0n) is 20.2. The normalized spacial score (nSPS) is 18.8. The number of benzene rings is 2. The van der Waals surface area contributed by atoms with E-state index in [0.717, 1.165) is 61.1 Å². The first-order chi connectivity index (χ1) is 16.7. The van der Waals surface area contributed by atoms with Crippen molar-refractivity contribution < 1.29 is 9.53 Å². The Labute approximate surface area is 202 Å². The quantitative estimate of drug-likeness (QED) is 0.472.